The van der Waals surface area contributed by atoms with Gasteiger partial charge in [-0.3, -0.25) is 4.79 Å². The monoisotopic (exact) mass is 360 g/mol. The number of nitrogens with one attached hydrogen (secondary N) is 1. The Morgan fingerprint density at radius 3 is 2.86 bits per heavy atom. The van der Waals surface area contributed by atoms with Gasteiger partial charge in [0.05, 0.1) is 5.25 Å². The molecule has 3 rings (SSSR count). The number of nitrogens with zero attached hydrogens (tertiary/aromatic N) is 1. The summed E-state index contributed by atoms with van der Waals surface area (Å²) in [6.45, 7) is 5.03. The van der Waals surface area contributed by atoms with Gasteiger partial charge in [0.1, 0.15) is 0 Å². The minimum absolute atomic E-state index is 0. The Hall–Kier alpha value is -0.230. The van der Waals surface area contributed by atoms with Crippen LogP contribution in [0.25, 0.3) is 0 Å². The Bertz CT molecular complexity index is 488. The first kappa shape index (κ1) is 18.1. The number of hydrogen-bond donors (Lipinski definition) is 1. The molecule has 22 heavy (non-hydrogen) atoms. The first-order valence-electron chi connectivity index (χ1n) is 7.71. The van der Waals surface area contributed by atoms with E-state index < -0.39 is 0 Å². The van der Waals surface area contributed by atoms with Crippen LogP contribution >= 0.6 is 35.5 Å². The Morgan fingerprint density at radius 2 is 2.27 bits per heavy atom. The van der Waals surface area contributed by atoms with Crippen LogP contribution in [0.2, 0.25) is 0 Å². The summed E-state index contributed by atoms with van der Waals surface area (Å²) in [6, 6.07) is 2.60. The van der Waals surface area contributed by atoms with Crippen molar-refractivity contribution in [2.45, 2.75) is 44.0 Å². The van der Waals surface area contributed by atoms with Gasteiger partial charge in [-0.25, -0.2) is 0 Å². The highest BCUT2D eigenvalue weighted by molar-refractivity contribution is 7.99. The highest BCUT2D eigenvalue weighted by Crippen LogP contribution is 2.56. The number of carbonyl (C=O) groups is 1. The molecule has 1 aliphatic heterocycles. The number of hydrogen-bond acceptors (Lipinski definition) is 4. The van der Waals surface area contributed by atoms with Crippen LogP contribution in [0, 0.1) is 5.41 Å². The molecule has 0 bridgehead atoms. The van der Waals surface area contributed by atoms with Crippen molar-refractivity contribution in [3.05, 3.63) is 22.4 Å². The lowest BCUT2D eigenvalue weighted by Crippen LogP contribution is -2.42. The number of piperidine rings is 1. The summed E-state index contributed by atoms with van der Waals surface area (Å²) in [6.07, 6.45) is 5.67. The third-order valence-electron chi connectivity index (χ3n) is 5.04. The molecule has 2 fully saturated rings. The molecule has 1 aromatic rings. The summed E-state index contributed by atoms with van der Waals surface area (Å²) in [5.41, 5.74) is 1.69. The second kappa shape index (κ2) is 7.56. The van der Waals surface area contributed by atoms with Crippen molar-refractivity contribution in [1.82, 2.24) is 10.2 Å². The summed E-state index contributed by atoms with van der Waals surface area (Å²) in [5, 5.41) is 7.77. The van der Waals surface area contributed by atoms with Gasteiger partial charge < -0.3 is 10.2 Å². The minimum atomic E-state index is 0. The second-order valence-electron chi connectivity index (χ2n) is 6.31. The van der Waals surface area contributed by atoms with Gasteiger partial charge in [-0.15, -0.1) is 12.4 Å². The molecule has 6 heteroatoms. The third kappa shape index (κ3) is 3.64. The highest BCUT2D eigenvalue weighted by atomic mass is 35.5. The molecule has 124 valence electrons. The Kier molecular flexibility index (Phi) is 6.22. The van der Waals surface area contributed by atoms with Crippen LogP contribution in [0.5, 0.6) is 0 Å². The molecule has 1 aliphatic carbocycles. The van der Waals surface area contributed by atoms with E-state index >= 15 is 0 Å². The van der Waals surface area contributed by atoms with Crippen molar-refractivity contribution >= 4 is 41.4 Å². The van der Waals surface area contributed by atoms with E-state index in [0.29, 0.717) is 17.4 Å². The fourth-order valence-corrected chi connectivity index (χ4v) is 4.48. The van der Waals surface area contributed by atoms with Crippen LogP contribution in [0.15, 0.2) is 16.8 Å². The maximum atomic E-state index is 12.8. The van der Waals surface area contributed by atoms with Crippen molar-refractivity contribution in [1.29, 1.82) is 0 Å². The second-order valence-corrected chi connectivity index (χ2v) is 8.27. The van der Waals surface area contributed by atoms with E-state index in [1.165, 1.54) is 24.8 Å². The average molecular weight is 361 g/mol. The van der Waals surface area contributed by atoms with Crippen molar-refractivity contribution in [3.63, 3.8) is 0 Å². The number of carbonyl (C=O) groups excluding carboxylic acids is 1. The lowest BCUT2D eigenvalue weighted by Gasteiger charge is -2.31. The molecular weight excluding hydrogens is 336 g/mol. The molecule has 1 spiro atoms. The first-order chi connectivity index (χ1) is 10.2. The maximum Gasteiger partial charge on any atom is 0.235 e. The molecule has 1 saturated heterocycles. The van der Waals surface area contributed by atoms with Gasteiger partial charge in [0, 0.05) is 12.6 Å². The zero-order chi connectivity index (χ0) is 14.9. The topological polar surface area (TPSA) is 32.3 Å². The number of halogens is 1. The van der Waals surface area contributed by atoms with Crippen molar-refractivity contribution < 1.29 is 4.79 Å². The van der Waals surface area contributed by atoms with E-state index in [-0.39, 0.29) is 17.7 Å². The van der Waals surface area contributed by atoms with E-state index in [9.17, 15) is 4.79 Å². The highest BCUT2D eigenvalue weighted by Gasteiger charge is 2.57. The molecule has 0 aromatic carbocycles. The van der Waals surface area contributed by atoms with Gasteiger partial charge in [0.15, 0.2) is 0 Å². The number of thiophene rings is 1. The zero-order valence-electron chi connectivity index (χ0n) is 13.2. The molecule has 2 atom stereocenters. The Labute approximate surface area is 147 Å². The molecule has 0 radical (unpaired) electrons. The van der Waals surface area contributed by atoms with Gasteiger partial charge in [-0.05, 0) is 73.3 Å². The molecular formula is C16H25ClN2OS2. The first-order valence-corrected chi connectivity index (χ1v) is 9.94. The summed E-state index contributed by atoms with van der Waals surface area (Å²) in [4.78, 5) is 15.0. The molecule has 3 nitrogen and oxygen atoms in total. The molecule has 1 amide bonds. The lowest BCUT2D eigenvalue weighted by atomic mass is 9.93. The zero-order valence-corrected chi connectivity index (χ0v) is 15.7. The fourth-order valence-electron chi connectivity index (χ4n) is 3.48. The quantitative estimate of drug-likeness (QED) is 0.873. The normalized spacial score (nSPS) is 23.6. The van der Waals surface area contributed by atoms with Crippen LogP contribution in [-0.2, 0) is 11.3 Å². The summed E-state index contributed by atoms with van der Waals surface area (Å²) >= 11 is 3.37. The average Bonchev–Trinajstić information content (AvgIpc) is 2.96. The van der Waals surface area contributed by atoms with Crippen molar-refractivity contribution in [3.8, 4) is 0 Å². The Morgan fingerprint density at radius 1 is 1.55 bits per heavy atom. The van der Waals surface area contributed by atoms with Gasteiger partial charge in [-0.1, -0.05) is 0 Å². The maximum absolute atomic E-state index is 12.8. The van der Waals surface area contributed by atoms with Crippen LogP contribution in [0.1, 0.15) is 31.7 Å². The third-order valence-corrected chi connectivity index (χ3v) is 6.68. The van der Waals surface area contributed by atoms with Crippen LogP contribution in [0.3, 0.4) is 0 Å². The molecule has 2 aliphatic rings. The van der Waals surface area contributed by atoms with Gasteiger partial charge in [0.25, 0.3) is 0 Å². The van der Waals surface area contributed by atoms with Gasteiger partial charge in [0.2, 0.25) is 5.91 Å². The number of amides is 1. The van der Waals surface area contributed by atoms with E-state index in [2.05, 4.69) is 27.0 Å². The van der Waals surface area contributed by atoms with E-state index in [0.717, 1.165) is 19.6 Å². The molecule has 1 saturated carbocycles. The molecule has 1 N–H and O–H groups in total. The lowest BCUT2D eigenvalue weighted by molar-refractivity contribution is -0.132. The molecule has 1 aromatic heterocycles. The van der Waals surface area contributed by atoms with Crippen molar-refractivity contribution in [2.75, 3.05) is 19.3 Å². The number of thioether (sulfide) groups is 1. The summed E-state index contributed by atoms with van der Waals surface area (Å²) in [5.74, 6) is 0.314. The van der Waals surface area contributed by atoms with E-state index in [1.807, 2.05) is 13.2 Å². The number of rotatable bonds is 5. The van der Waals surface area contributed by atoms with Crippen LogP contribution in [-0.4, -0.2) is 41.4 Å². The van der Waals surface area contributed by atoms with Crippen LogP contribution in [0.4, 0.5) is 0 Å². The minimum Gasteiger partial charge on any atom is -0.334 e. The Balaban J connectivity index is 0.00000176. The predicted molar refractivity (Wildman–Crippen MR) is 98.0 cm³/mol. The van der Waals surface area contributed by atoms with E-state index in [1.54, 1.807) is 23.1 Å². The van der Waals surface area contributed by atoms with Crippen LogP contribution < -0.4 is 5.32 Å². The smallest absolute Gasteiger partial charge is 0.235 e. The summed E-state index contributed by atoms with van der Waals surface area (Å²) < 4.78 is 0. The molecule has 2 heterocycles. The standard InChI is InChI=1S/C16H24N2OS2.ClH/c1-12(20-2)15(19)18(10-13-3-8-21-11-13)14-9-16(14)4-6-17-7-5-16;/h3,8,11-12,14,17H,4-7,9-10H2,1-2H3;1H. The molecule has 2 unspecified atom stereocenters. The van der Waals surface area contributed by atoms with Crippen molar-refractivity contribution in [2.24, 2.45) is 5.41 Å². The fraction of sp³-hybridized carbons (Fsp3) is 0.688. The largest absolute Gasteiger partial charge is 0.334 e. The van der Waals surface area contributed by atoms with E-state index in [4.69, 9.17) is 0 Å². The SMILES string of the molecule is CSC(C)C(=O)N(Cc1ccsc1)C1CC12CCNCC2.Cl. The summed E-state index contributed by atoms with van der Waals surface area (Å²) in [7, 11) is 0. The predicted octanol–water partition coefficient (Wildman–Crippen LogP) is 3.39. The van der Waals surface area contributed by atoms with Gasteiger partial charge in [-0.2, -0.15) is 23.1 Å². The van der Waals surface area contributed by atoms with Gasteiger partial charge >= 0.3 is 0 Å².